The number of nitrogens with zero attached hydrogens (tertiary/aromatic N) is 2. The molecular formula is C14H22N2O2S. The second-order valence-corrected chi connectivity index (χ2v) is 6.80. The third-order valence-electron chi connectivity index (χ3n) is 3.70. The third kappa shape index (κ3) is 2.76. The molecule has 5 heteroatoms. The van der Waals surface area contributed by atoms with Gasteiger partial charge in [-0.3, -0.25) is 0 Å². The highest BCUT2D eigenvalue weighted by Gasteiger charge is 2.31. The van der Waals surface area contributed by atoms with Crippen molar-refractivity contribution >= 4 is 22.4 Å². The zero-order chi connectivity index (χ0) is 14.2. The molecule has 1 N–H and O–H groups in total. The number of carboxylic acid groups (broad SMARTS) is 1. The van der Waals surface area contributed by atoms with Gasteiger partial charge in [0, 0.05) is 12.6 Å². The van der Waals surface area contributed by atoms with E-state index in [2.05, 4.69) is 23.7 Å². The second-order valence-electron chi connectivity index (χ2n) is 5.82. The quantitative estimate of drug-likeness (QED) is 0.917. The Morgan fingerprint density at radius 2 is 2.11 bits per heavy atom. The van der Waals surface area contributed by atoms with Gasteiger partial charge in [0.1, 0.15) is 4.88 Å². The van der Waals surface area contributed by atoms with Gasteiger partial charge >= 0.3 is 5.97 Å². The van der Waals surface area contributed by atoms with E-state index in [-0.39, 0.29) is 5.92 Å². The van der Waals surface area contributed by atoms with Crippen molar-refractivity contribution in [3.05, 3.63) is 10.6 Å². The standard InChI is InChI=1S/C14H22N2O2S/c1-8(2)10-6-5-7-16(10)14-15-11(9(3)4)12(19-14)13(17)18/h8-10H,5-7H2,1-4H3,(H,17,18). The van der Waals surface area contributed by atoms with Crippen molar-refractivity contribution in [3.8, 4) is 0 Å². The van der Waals surface area contributed by atoms with Crippen molar-refractivity contribution in [1.82, 2.24) is 4.98 Å². The largest absolute Gasteiger partial charge is 0.477 e. The van der Waals surface area contributed by atoms with Gasteiger partial charge < -0.3 is 10.0 Å². The zero-order valence-corrected chi connectivity index (χ0v) is 12.8. The summed E-state index contributed by atoms with van der Waals surface area (Å²) in [5, 5.41) is 10.2. The molecule has 0 spiro atoms. The monoisotopic (exact) mass is 282 g/mol. The Bertz CT molecular complexity index is 468. The molecule has 1 unspecified atom stereocenters. The first-order valence-corrected chi connectivity index (χ1v) is 7.74. The molecule has 1 aliphatic rings. The van der Waals surface area contributed by atoms with Gasteiger partial charge in [-0.15, -0.1) is 0 Å². The average Bonchev–Trinajstić information content (AvgIpc) is 2.95. The fourth-order valence-corrected chi connectivity index (χ4v) is 3.85. The molecule has 1 aromatic heterocycles. The summed E-state index contributed by atoms with van der Waals surface area (Å²) in [4.78, 5) is 18.6. The first-order valence-electron chi connectivity index (χ1n) is 6.92. The van der Waals surface area contributed by atoms with E-state index in [1.165, 1.54) is 24.2 Å². The molecule has 1 aromatic rings. The summed E-state index contributed by atoms with van der Waals surface area (Å²) in [6.07, 6.45) is 2.35. The molecule has 0 bridgehead atoms. The van der Waals surface area contributed by atoms with E-state index in [1.807, 2.05) is 13.8 Å². The lowest BCUT2D eigenvalue weighted by molar-refractivity contribution is 0.0700. The van der Waals surface area contributed by atoms with Crippen LogP contribution in [-0.4, -0.2) is 28.6 Å². The van der Waals surface area contributed by atoms with Crippen molar-refractivity contribution < 1.29 is 9.90 Å². The number of aromatic carboxylic acids is 1. The summed E-state index contributed by atoms with van der Waals surface area (Å²) in [5.74, 6) is -0.133. The minimum atomic E-state index is -0.854. The molecule has 0 radical (unpaired) electrons. The first-order chi connectivity index (χ1) is 8.91. The summed E-state index contributed by atoms with van der Waals surface area (Å²) in [6, 6.07) is 0.493. The van der Waals surface area contributed by atoms with Crippen molar-refractivity contribution in [2.45, 2.75) is 52.5 Å². The number of carboxylic acids is 1. The van der Waals surface area contributed by atoms with Gasteiger partial charge in [0.2, 0.25) is 0 Å². The van der Waals surface area contributed by atoms with Gasteiger partial charge in [-0.05, 0) is 24.7 Å². The number of aromatic nitrogens is 1. The van der Waals surface area contributed by atoms with Crippen LogP contribution in [-0.2, 0) is 0 Å². The molecule has 4 nitrogen and oxygen atoms in total. The molecule has 1 atom stereocenters. The molecule has 2 rings (SSSR count). The van der Waals surface area contributed by atoms with E-state index in [9.17, 15) is 9.90 Å². The molecule has 0 amide bonds. The van der Waals surface area contributed by atoms with Crippen LogP contribution >= 0.6 is 11.3 Å². The Kier molecular flexibility index (Phi) is 4.13. The SMILES string of the molecule is CC(C)c1nc(N2CCCC2C(C)C)sc1C(=O)O. The lowest BCUT2D eigenvalue weighted by Gasteiger charge is -2.27. The molecule has 106 valence electrons. The van der Waals surface area contributed by atoms with Crippen LogP contribution in [0.2, 0.25) is 0 Å². The molecule has 2 heterocycles. The topological polar surface area (TPSA) is 53.4 Å². The van der Waals surface area contributed by atoms with E-state index in [4.69, 9.17) is 0 Å². The van der Waals surface area contributed by atoms with Crippen LogP contribution in [0.1, 0.15) is 61.8 Å². The maximum absolute atomic E-state index is 11.3. The van der Waals surface area contributed by atoms with Crippen LogP contribution in [0.3, 0.4) is 0 Å². The zero-order valence-electron chi connectivity index (χ0n) is 12.0. The van der Waals surface area contributed by atoms with E-state index >= 15 is 0 Å². The Morgan fingerprint density at radius 3 is 2.58 bits per heavy atom. The summed E-state index contributed by atoms with van der Waals surface area (Å²) >= 11 is 1.33. The number of rotatable bonds is 4. The van der Waals surface area contributed by atoms with Crippen molar-refractivity contribution in [3.63, 3.8) is 0 Å². The first kappa shape index (κ1) is 14.3. The highest BCUT2D eigenvalue weighted by atomic mass is 32.1. The Hall–Kier alpha value is -1.10. The Morgan fingerprint density at radius 1 is 1.42 bits per heavy atom. The van der Waals surface area contributed by atoms with Crippen molar-refractivity contribution in [1.29, 1.82) is 0 Å². The normalized spacial score (nSPS) is 19.7. The minimum Gasteiger partial charge on any atom is -0.477 e. The molecule has 1 aliphatic heterocycles. The van der Waals surface area contributed by atoms with Crippen LogP contribution in [0.4, 0.5) is 5.13 Å². The number of carbonyl (C=O) groups is 1. The number of hydrogen-bond donors (Lipinski definition) is 1. The average molecular weight is 282 g/mol. The summed E-state index contributed by atoms with van der Waals surface area (Å²) in [5.41, 5.74) is 0.724. The predicted molar refractivity (Wildman–Crippen MR) is 78.4 cm³/mol. The minimum absolute atomic E-state index is 0.149. The van der Waals surface area contributed by atoms with Crippen LogP contribution in [0, 0.1) is 5.92 Å². The third-order valence-corrected chi connectivity index (χ3v) is 4.79. The molecule has 0 aliphatic carbocycles. The second kappa shape index (κ2) is 5.49. The van der Waals surface area contributed by atoms with E-state index < -0.39 is 5.97 Å². The Balaban J connectivity index is 2.35. The van der Waals surface area contributed by atoms with Crippen LogP contribution in [0.15, 0.2) is 0 Å². The van der Waals surface area contributed by atoms with Gasteiger partial charge in [-0.25, -0.2) is 9.78 Å². The van der Waals surface area contributed by atoms with Gasteiger partial charge in [-0.2, -0.15) is 0 Å². The summed E-state index contributed by atoms with van der Waals surface area (Å²) in [7, 11) is 0. The van der Waals surface area contributed by atoms with Crippen LogP contribution < -0.4 is 4.90 Å². The smallest absolute Gasteiger partial charge is 0.347 e. The summed E-state index contributed by atoms with van der Waals surface area (Å²) < 4.78 is 0. The molecular weight excluding hydrogens is 260 g/mol. The molecule has 0 aromatic carbocycles. The van der Waals surface area contributed by atoms with Crippen LogP contribution in [0.5, 0.6) is 0 Å². The molecule has 1 saturated heterocycles. The van der Waals surface area contributed by atoms with Gasteiger partial charge in [0.15, 0.2) is 5.13 Å². The van der Waals surface area contributed by atoms with E-state index in [0.717, 1.165) is 17.4 Å². The molecule has 1 fully saturated rings. The van der Waals surface area contributed by atoms with Gasteiger partial charge in [0.05, 0.1) is 5.69 Å². The Labute approximate surface area is 118 Å². The number of thiazole rings is 1. The van der Waals surface area contributed by atoms with Gasteiger partial charge in [-0.1, -0.05) is 39.0 Å². The van der Waals surface area contributed by atoms with E-state index in [0.29, 0.717) is 16.8 Å². The summed E-state index contributed by atoms with van der Waals surface area (Å²) in [6.45, 7) is 9.42. The highest BCUT2D eigenvalue weighted by Crippen LogP contribution is 2.36. The molecule has 19 heavy (non-hydrogen) atoms. The maximum atomic E-state index is 11.3. The van der Waals surface area contributed by atoms with Crippen molar-refractivity contribution in [2.75, 3.05) is 11.4 Å². The number of anilines is 1. The highest BCUT2D eigenvalue weighted by molar-refractivity contribution is 7.17. The lowest BCUT2D eigenvalue weighted by Crippen LogP contribution is -2.33. The van der Waals surface area contributed by atoms with E-state index in [1.54, 1.807) is 0 Å². The van der Waals surface area contributed by atoms with Crippen molar-refractivity contribution in [2.24, 2.45) is 5.92 Å². The lowest BCUT2D eigenvalue weighted by atomic mass is 10.0. The fourth-order valence-electron chi connectivity index (χ4n) is 2.71. The maximum Gasteiger partial charge on any atom is 0.347 e. The molecule has 0 saturated carbocycles. The van der Waals surface area contributed by atoms with Gasteiger partial charge in [0.25, 0.3) is 0 Å². The fraction of sp³-hybridized carbons (Fsp3) is 0.714. The van der Waals surface area contributed by atoms with Crippen LogP contribution in [0.25, 0.3) is 0 Å². The predicted octanol–water partition coefficient (Wildman–Crippen LogP) is 3.59. The number of hydrogen-bond acceptors (Lipinski definition) is 4.